The van der Waals surface area contributed by atoms with Gasteiger partial charge in [-0.1, -0.05) is 12.1 Å². The summed E-state index contributed by atoms with van der Waals surface area (Å²) in [7, 11) is -4.04. The van der Waals surface area contributed by atoms with Crippen molar-refractivity contribution in [1.82, 2.24) is 4.90 Å². The molecule has 1 saturated heterocycles. The molecule has 2 aromatic rings. The van der Waals surface area contributed by atoms with Gasteiger partial charge in [0.2, 0.25) is 0 Å². The summed E-state index contributed by atoms with van der Waals surface area (Å²) in [5, 5.41) is 0. The van der Waals surface area contributed by atoms with Crippen LogP contribution in [0.2, 0.25) is 0 Å². The zero-order chi connectivity index (χ0) is 22.2. The molecule has 0 amide bonds. The van der Waals surface area contributed by atoms with Crippen molar-refractivity contribution in [2.24, 2.45) is 5.92 Å². The Labute approximate surface area is 178 Å². The van der Waals surface area contributed by atoms with Crippen molar-refractivity contribution in [3.63, 3.8) is 0 Å². The number of hydrogen-bond acceptors (Lipinski definition) is 4. The van der Waals surface area contributed by atoms with Crippen molar-refractivity contribution in [1.29, 1.82) is 0 Å². The normalized spacial score (nSPS) is 20.2. The second-order valence-corrected chi connectivity index (χ2v) is 10.3. The van der Waals surface area contributed by atoms with Crippen LogP contribution < -0.4 is 4.74 Å². The molecule has 0 spiro atoms. The summed E-state index contributed by atoms with van der Waals surface area (Å²) in [4.78, 5) is 1.49. The topological polar surface area (TPSA) is 46.6 Å². The number of nitrogens with zero attached hydrogens (tertiary/aromatic N) is 1. The van der Waals surface area contributed by atoms with E-state index in [1.54, 1.807) is 0 Å². The van der Waals surface area contributed by atoms with Gasteiger partial charge in [-0.05, 0) is 67.6 Å². The highest BCUT2D eigenvalue weighted by atomic mass is 32.2. The molecule has 168 valence electrons. The SMILES string of the molecule is O=S(=O)(C[C@@H]1CCN(Cc2ccc(OC3CC3)cc2)C1)c1cc(F)cc(C(F)(F)F)c1. The van der Waals surface area contributed by atoms with E-state index in [4.69, 9.17) is 4.74 Å². The molecule has 0 N–H and O–H groups in total. The van der Waals surface area contributed by atoms with E-state index in [2.05, 4.69) is 4.90 Å². The molecule has 0 radical (unpaired) electrons. The Morgan fingerprint density at radius 3 is 2.39 bits per heavy atom. The molecule has 1 heterocycles. The fourth-order valence-electron chi connectivity index (χ4n) is 3.81. The van der Waals surface area contributed by atoms with Crippen LogP contribution in [0.3, 0.4) is 0 Å². The summed E-state index contributed by atoms with van der Waals surface area (Å²) in [6.45, 7) is 1.86. The van der Waals surface area contributed by atoms with Gasteiger partial charge in [0, 0.05) is 13.1 Å². The molecule has 0 bridgehead atoms. The number of rotatable bonds is 7. The first-order valence-corrected chi connectivity index (χ1v) is 11.8. The molecule has 4 nitrogen and oxygen atoms in total. The summed E-state index contributed by atoms with van der Waals surface area (Å²) in [6.07, 6.45) is -1.68. The number of benzene rings is 2. The summed E-state index contributed by atoms with van der Waals surface area (Å²) in [6, 6.07) is 9.28. The number of halogens is 4. The number of sulfone groups is 1. The highest BCUT2D eigenvalue weighted by molar-refractivity contribution is 7.91. The Morgan fingerprint density at radius 2 is 1.74 bits per heavy atom. The average molecular weight is 457 g/mol. The second kappa shape index (κ2) is 8.43. The minimum absolute atomic E-state index is 0.222. The first-order chi connectivity index (χ1) is 14.6. The molecule has 1 saturated carbocycles. The molecular weight excluding hydrogens is 434 g/mol. The number of hydrogen-bond donors (Lipinski definition) is 0. The van der Waals surface area contributed by atoms with Crippen LogP contribution in [-0.4, -0.2) is 38.3 Å². The van der Waals surface area contributed by atoms with Gasteiger partial charge in [-0.2, -0.15) is 13.2 Å². The van der Waals surface area contributed by atoms with Gasteiger partial charge in [-0.15, -0.1) is 0 Å². The molecule has 1 aliphatic heterocycles. The maximum absolute atomic E-state index is 13.6. The van der Waals surface area contributed by atoms with Crippen molar-refractivity contribution in [2.75, 3.05) is 18.8 Å². The van der Waals surface area contributed by atoms with E-state index in [0.717, 1.165) is 24.2 Å². The first kappa shape index (κ1) is 22.1. The lowest BCUT2D eigenvalue weighted by molar-refractivity contribution is -0.137. The molecule has 1 atom stereocenters. The van der Waals surface area contributed by atoms with E-state index in [1.807, 2.05) is 24.3 Å². The monoisotopic (exact) mass is 457 g/mol. The van der Waals surface area contributed by atoms with Crippen LogP contribution in [0, 0.1) is 11.7 Å². The maximum atomic E-state index is 13.6. The molecule has 31 heavy (non-hydrogen) atoms. The third-order valence-electron chi connectivity index (χ3n) is 5.54. The largest absolute Gasteiger partial charge is 0.490 e. The van der Waals surface area contributed by atoms with Crippen LogP contribution >= 0.6 is 0 Å². The van der Waals surface area contributed by atoms with Crippen LogP contribution in [-0.2, 0) is 22.6 Å². The Kier molecular flexibility index (Phi) is 6.00. The van der Waals surface area contributed by atoms with Crippen molar-refractivity contribution >= 4 is 9.84 Å². The van der Waals surface area contributed by atoms with Gasteiger partial charge < -0.3 is 4.74 Å². The van der Waals surface area contributed by atoms with Gasteiger partial charge in [0.25, 0.3) is 0 Å². The Morgan fingerprint density at radius 1 is 1.03 bits per heavy atom. The molecule has 2 aliphatic rings. The fraction of sp³-hybridized carbons (Fsp3) is 0.455. The van der Waals surface area contributed by atoms with Gasteiger partial charge >= 0.3 is 6.18 Å². The van der Waals surface area contributed by atoms with Gasteiger partial charge in [-0.25, -0.2) is 12.8 Å². The Bertz CT molecular complexity index is 1030. The van der Waals surface area contributed by atoms with Gasteiger partial charge in [0.15, 0.2) is 9.84 Å². The predicted molar refractivity (Wildman–Crippen MR) is 107 cm³/mol. The molecule has 4 rings (SSSR count). The van der Waals surface area contributed by atoms with E-state index in [0.29, 0.717) is 50.4 Å². The molecule has 1 aliphatic carbocycles. The van der Waals surface area contributed by atoms with Crippen LogP contribution in [0.25, 0.3) is 0 Å². The van der Waals surface area contributed by atoms with Crippen LogP contribution in [0.1, 0.15) is 30.4 Å². The zero-order valence-electron chi connectivity index (χ0n) is 16.7. The van der Waals surface area contributed by atoms with E-state index in [-0.39, 0.29) is 11.7 Å². The molecular formula is C22H23F4NO3S. The van der Waals surface area contributed by atoms with Gasteiger partial charge in [0.05, 0.1) is 22.3 Å². The highest BCUT2D eigenvalue weighted by Gasteiger charge is 2.34. The van der Waals surface area contributed by atoms with Gasteiger partial charge in [0.1, 0.15) is 11.6 Å². The summed E-state index contributed by atoms with van der Waals surface area (Å²) in [5.74, 6) is -0.904. The first-order valence-electron chi connectivity index (χ1n) is 10.2. The summed E-state index contributed by atoms with van der Waals surface area (Å²) < 4.78 is 83.4. The molecule has 0 aromatic heterocycles. The average Bonchev–Trinajstić information content (AvgIpc) is 3.40. The maximum Gasteiger partial charge on any atom is 0.416 e. The lowest BCUT2D eigenvalue weighted by atomic mass is 10.1. The molecule has 0 unspecified atom stereocenters. The molecule has 9 heteroatoms. The van der Waals surface area contributed by atoms with E-state index < -0.39 is 32.3 Å². The van der Waals surface area contributed by atoms with E-state index >= 15 is 0 Å². The van der Waals surface area contributed by atoms with E-state index in [9.17, 15) is 26.0 Å². The lowest BCUT2D eigenvalue weighted by Gasteiger charge is -2.17. The smallest absolute Gasteiger partial charge is 0.416 e. The van der Waals surface area contributed by atoms with Gasteiger partial charge in [-0.3, -0.25) is 4.90 Å². The van der Waals surface area contributed by atoms with Crippen molar-refractivity contribution in [2.45, 2.75) is 43.0 Å². The van der Waals surface area contributed by atoms with Crippen LogP contribution in [0.15, 0.2) is 47.4 Å². The number of ether oxygens (including phenoxy) is 1. The number of likely N-dealkylation sites (tertiary alicyclic amines) is 1. The van der Waals surface area contributed by atoms with Crippen molar-refractivity contribution in [3.05, 3.63) is 59.4 Å². The molecule has 2 aromatic carbocycles. The fourth-order valence-corrected chi connectivity index (χ4v) is 5.50. The van der Waals surface area contributed by atoms with Crippen LogP contribution in [0.4, 0.5) is 17.6 Å². The zero-order valence-corrected chi connectivity index (χ0v) is 17.6. The van der Waals surface area contributed by atoms with Crippen molar-refractivity contribution < 1.29 is 30.7 Å². The second-order valence-electron chi connectivity index (χ2n) is 8.31. The Balaban J connectivity index is 1.36. The predicted octanol–water partition coefficient (Wildman–Crippen LogP) is 4.68. The molecule has 2 fully saturated rings. The van der Waals surface area contributed by atoms with Crippen LogP contribution in [0.5, 0.6) is 5.75 Å². The third kappa shape index (κ3) is 5.77. The quantitative estimate of drug-likeness (QED) is 0.567. The third-order valence-corrected chi connectivity index (χ3v) is 7.40. The summed E-state index contributed by atoms with van der Waals surface area (Å²) in [5.41, 5.74) is -0.222. The Hall–Kier alpha value is -2.13. The lowest BCUT2D eigenvalue weighted by Crippen LogP contribution is -2.23. The minimum Gasteiger partial charge on any atom is -0.490 e. The summed E-state index contributed by atoms with van der Waals surface area (Å²) >= 11 is 0. The highest BCUT2D eigenvalue weighted by Crippen LogP contribution is 2.33. The van der Waals surface area contributed by atoms with E-state index in [1.165, 1.54) is 0 Å². The standard InChI is InChI=1S/C22H23F4NO3S/c23-18-9-17(22(24,25)26)10-21(11-18)31(28,29)14-16-7-8-27(13-16)12-15-1-3-19(4-2-15)30-20-5-6-20/h1-4,9-11,16,20H,5-8,12-14H2/t16-/m1/s1. The minimum atomic E-state index is -4.81. The number of alkyl halides is 3. The van der Waals surface area contributed by atoms with Crippen molar-refractivity contribution in [3.8, 4) is 5.75 Å².